The van der Waals surface area contributed by atoms with Crippen molar-refractivity contribution in [1.29, 1.82) is 0 Å². The molecule has 0 saturated heterocycles. The van der Waals surface area contributed by atoms with Gasteiger partial charge in [0, 0.05) is 12.0 Å². The van der Waals surface area contributed by atoms with Crippen LogP contribution in [-0.4, -0.2) is 29.7 Å². The third-order valence-corrected chi connectivity index (χ3v) is 3.65. The highest BCUT2D eigenvalue weighted by Gasteiger charge is 2.29. The smallest absolute Gasteiger partial charge is 0.237 e. The molecule has 0 aromatic heterocycles. The molecule has 1 amide bonds. The van der Waals surface area contributed by atoms with Crippen LogP contribution in [0.1, 0.15) is 31.9 Å². The maximum absolute atomic E-state index is 12.0. The third-order valence-electron chi connectivity index (χ3n) is 3.65. The van der Waals surface area contributed by atoms with E-state index in [9.17, 15) is 9.90 Å². The molecule has 1 aromatic carbocycles. The molecule has 1 aliphatic heterocycles. The van der Waals surface area contributed by atoms with Crippen LogP contribution < -0.4 is 15.8 Å². The van der Waals surface area contributed by atoms with E-state index in [1.165, 1.54) is 0 Å². The van der Waals surface area contributed by atoms with E-state index in [0.29, 0.717) is 24.3 Å². The topological polar surface area (TPSA) is 84.6 Å². The van der Waals surface area contributed by atoms with Crippen molar-refractivity contribution in [2.24, 2.45) is 11.7 Å². The van der Waals surface area contributed by atoms with E-state index in [4.69, 9.17) is 10.5 Å². The quantitative estimate of drug-likeness (QED) is 0.769. The van der Waals surface area contributed by atoms with Gasteiger partial charge < -0.3 is 20.9 Å². The number of nitrogens with one attached hydrogen (secondary N) is 1. The molecule has 110 valence electrons. The summed E-state index contributed by atoms with van der Waals surface area (Å²) in [5.41, 5.74) is 6.53. The Bertz CT molecular complexity index is 476. The lowest BCUT2D eigenvalue weighted by atomic mass is 9.98. The predicted octanol–water partition coefficient (Wildman–Crippen LogP) is 0.971. The van der Waals surface area contributed by atoms with Crippen LogP contribution >= 0.6 is 0 Å². The molecule has 0 fully saturated rings. The Hall–Kier alpha value is -1.59. The molecule has 4 N–H and O–H groups in total. The van der Waals surface area contributed by atoms with Crippen LogP contribution in [0.3, 0.4) is 0 Å². The van der Waals surface area contributed by atoms with Gasteiger partial charge in [0.1, 0.15) is 11.9 Å². The third kappa shape index (κ3) is 3.11. The predicted molar refractivity (Wildman–Crippen MR) is 76.3 cm³/mol. The van der Waals surface area contributed by atoms with Gasteiger partial charge in [0.2, 0.25) is 5.91 Å². The minimum atomic E-state index is -0.781. The number of nitrogens with two attached hydrogens (primary N) is 1. The average Bonchev–Trinajstić information content (AvgIpc) is 2.59. The number of rotatable bonds is 3. The molecular formula is C15H22N2O3. The van der Waals surface area contributed by atoms with Gasteiger partial charge in [0.25, 0.3) is 0 Å². The minimum absolute atomic E-state index is 0.0569. The maximum atomic E-state index is 12.0. The van der Waals surface area contributed by atoms with Crippen LogP contribution in [-0.2, 0) is 4.79 Å². The lowest BCUT2D eigenvalue weighted by Gasteiger charge is -2.24. The van der Waals surface area contributed by atoms with Crippen molar-refractivity contribution in [1.82, 2.24) is 5.32 Å². The van der Waals surface area contributed by atoms with Crippen molar-refractivity contribution in [2.45, 2.75) is 38.5 Å². The Morgan fingerprint density at radius 1 is 1.45 bits per heavy atom. The summed E-state index contributed by atoms with van der Waals surface area (Å²) in [4.78, 5) is 12.0. The molecule has 0 radical (unpaired) electrons. The molecule has 1 heterocycles. The lowest BCUT2D eigenvalue weighted by Crippen LogP contribution is -2.49. The number of carbonyl (C=O) groups excluding carboxylic acids is 1. The van der Waals surface area contributed by atoms with Gasteiger partial charge in [-0.05, 0) is 12.0 Å². The van der Waals surface area contributed by atoms with Crippen molar-refractivity contribution in [3.05, 3.63) is 29.8 Å². The van der Waals surface area contributed by atoms with Gasteiger partial charge in [-0.2, -0.15) is 0 Å². The van der Waals surface area contributed by atoms with Gasteiger partial charge >= 0.3 is 0 Å². The van der Waals surface area contributed by atoms with Crippen LogP contribution in [0.15, 0.2) is 24.3 Å². The number of ether oxygens (including phenoxy) is 1. The van der Waals surface area contributed by atoms with Crippen molar-refractivity contribution in [3.63, 3.8) is 0 Å². The van der Waals surface area contributed by atoms with E-state index in [0.717, 1.165) is 0 Å². The molecule has 3 atom stereocenters. The Kier molecular flexibility index (Phi) is 4.62. The van der Waals surface area contributed by atoms with Crippen LogP contribution in [0.5, 0.6) is 5.75 Å². The van der Waals surface area contributed by atoms with E-state index in [1.807, 2.05) is 38.1 Å². The highest BCUT2D eigenvalue weighted by atomic mass is 16.5. The van der Waals surface area contributed by atoms with Gasteiger partial charge in [0.15, 0.2) is 0 Å². The Labute approximate surface area is 119 Å². The number of carbonyl (C=O) groups is 1. The molecule has 1 aliphatic rings. The van der Waals surface area contributed by atoms with Crippen LogP contribution in [0, 0.1) is 5.92 Å². The fourth-order valence-corrected chi connectivity index (χ4v) is 2.26. The summed E-state index contributed by atoms with van der Waals surface area (Å²) < 4.78 is 5.60. The molecule has 0 saturated carbocycles. The molecule has 2 rings (SSSR count). The summed E-state index contributed by atoms with van der Waals surface area (Å²) in [5, 5.41) is 13.3. The SMILES string of the molecule is CC(C)C(N)C(=O)NC1CCOc2ccccc2C1O. The summed E-state index contributed by atoms with van der Waals surface area (Å²) in [6, 6.07) is 6.39. The number of aliphatic hydroxyl groups excluding tert-OH is 1. The zero-order chi connectivity index (χ0) is 14.7. The summed E-state index contributed by atoms with van der Waals surface area (Å²) in [7, 11) is 0. The van der Waals surface area contributed by atoms with E-state index in [2.05, 4.69) is 5.32 Å². The highest BCUT2D eigenvalue weighted by molar-refractivity contribution is 5.82. The van der Waals surface area contributed by atoms with Crippen LogP contribution in [0.4, 0.5) is 0 Å². The first-order valence-corrected chi connectivity index (χ1v) is 6.96. The number of fused-ring (bicyclic) bond motifs is 1. The largest absolute Gasteiger partial charge is 0.493 e. The van der Waals surface area contributed by atoms with Gasteiger partial charge in [-0.25, -0.2) is 0 Å². The Morgan fingerprint density at radius 2 is 2.15 bits per heavy atom. The molecule has 1 aromatic rings. The van der Waals surface area contributed by atoms with Gasteiger partial charge in [0.05, 0.1) is 18.7 Å². The number of hydrogen-bond donors (Lipinski definition) is 3. The zero-order valence-electron chi connectivity index (χ0n) is 11.9. The van der Waals surface area contributed by atoms with Crippen LogP contribution in [0.2, 0.25) is 0 Å². The van der Waals surface area contributed by atoms with Crippen molar-refractivity contribution in [3.8, 4) is 5.75 Å². The zero-order valence-corrected chi connectivity index (χ0v) is 11.9. The van der Waals surface area contributed by atoms with E-state index >= 15 is 0 Å². The Morgan fingerprint density at radius 3 is 2.85 bits per heavy atom. The second-order valence-electron chi connectivity index (χ2n) is 5.50. The minimum Gasteiger partial charge on any atom is -0.493 e. The van der Waals surface area contributed by atoms with E-state index in [1.54, 1.807) is 0 Å². The van der Waals surface area contributed by atoms with Gasteiger partial charge in [-0.3, -0.25) is 4.79 Å². The summed E-state index contributed by atoms with van der Waals surface area (Å²) in [6.07, 6.45) is -0.233. The molecule has 5 heteroatoms. The molecule has 5 nitrogen and oxygen atoms in total. The first kappa shape index (κ1) is 14.8. The highest BCUT2D eigenvalue weighted by Crippen LogP contribution is 2.31. The number of para-hydroxylation sites is 1. The summed E-state index contributed by atoms with van der Waals surface area (Å²) >= 11 is 0. The van der Waals surface area contributed by atoms with Gasteiger partial charge in [-0.1, -0.05) is 32.0 Å². The normalized spacial score (nSPS) is 23.4. The number of hydrogen-bond acceptors (Lipinski definition) is 4. The molecule has 0 aliphatic carbocycles. The van der Waals surface area contributed by atoms with E-state index < -0.39 is 12.1 Å². The summed E-state index contributed by atoms with van der Waals surface area (Å²) in [6.45, 7) is 4.24. The molecule has 20 heavy (non-hydrogen) atoms. The first-order valence-electron chi connectivity index (χ1n) is 6.96. The van der Waals surface area contributed by atoms with E-state index in [-0.39, 0.29) is 17.9 Å². The lowest BCUT2D eigenvalue weighted by molar-refractivity contribution is -0.124. The standard InChI is InChI=1S/C15H22N2O3/c1-9(2)13(16)15(19)17-11-7-8-20-12-6-4-3-5-10(12)14(11)18/h3-6,9,11,13-14,18H,7-8,16H2,1-2H3,(H,17,19). The first-order chi connectivity index (χ1) is 9.50. The molecular weight excluding hydrogens is 256 g/mol. The second kappa shape index (κ2) is 6.24. The molecule has 0 spiro atoms. The number of amides is 1. The maximum Gasteiger partial charge on any atom is 0.237 e. The van der Waals surface area contributed by atoms with Crippen molar-refractivity contribution < 1.29 is 14.6 Å². The molecule has 3 unspecified atom stereocenters. The number of aliphatic hydroxyl groups is 1. The summed E-state index contributed by atoms with van der Waals surface area (Å²) in [5.74, 6) is 0.495. The van der Waals surface area contributed by atoms with Crippen molar-refractivity contribution in [2.75, 3.05) is 6.61 Å². The second-order valence-corrected chi connectivity index (χ2v) is 5.50. The average molecular weight is 278 g/mol. The Balaban J connectivity index is 2.12. The van der Waals surface area contributed by atoms with Crippen LogP contribution in [0.25, 0.3) is 0 Å². The van der Waals surface area contributed by atoms with Crippen molar-refractivity contribution >= 4 is 5.91 Å². The van der Waals surface area contributed by atoms with Gasteiger partial charge in [-0.15, -0.1) is 0 Å². The fraction of sp³-hybridized carbons (Fsp3) is 0.533. The molecule has 0 bridgehead atoms. The monoisotopic (exact) mass is 278 g/mol. The number of benzene rings is 1. The fourth-order valence-electron chi connectivity index (χ4n) is 2.26.